The first-order chi connectivity index (χ1) is 8.52. The average Bonchev–Trinajstić information content (AvgIpc) is 2.34. The van der Waals surface area contributed by atoms with Crippen molar-refractivity contribution in [3.05, 3.63) is 34.9 Å². The molecule has 0 radical (unpaired) electrons. The molecule has 4 nitrogen and oxygen atoms in total. The minimum Gasteiger partial charge on any atom is -0.459 e. The second-order valence-corrected chi connectivity index (χ2v) is 4.47. The Morgan fingerprint density at radius 2 is 2.00 bits per heavy atom. The molecule has 1 amide bonds. The van der Waals surface area contributed by atoms with Crippen LogP contribution in [0.4, 0.5) is 0 Å². The van der Waals surface area contributed by atoms with E-state index in [1.54, 1.807) is 24.3 Å². The second-order valence-electron chi connectivity index (χ2n) is 3.67. The fourth-order valence-electron chi connectivity index (χ4n) is 1.26. The van der Waals surface area contributed by atoms with E-state index in [1.807, 2.05) is 0 Å². The minimum atomic E-state index is -0.724. The number of carbonyl (C=O) groups excluding carboxylic acids is 2. The quantitative estimate of drug-likeness (QED) is 0.642. The lowest BCUT2D eigenvalue weighted by molar-refractivity contribution is -0.148. The molecule has 0 heterocycles. The number of hydrogen-bond acceptors (Lipinski definition) is 4. The van der Waals surface area contributed by atoms with E-state index in [4.69, 9.17) is 16.3 Å². The Labute approximate surface area is 116 Å². The van der Waals surface area contributed by atoms with Gasteiger partial charge in [0.1, 0.15) is 12.6 Å². The van der Waals surface area contributed by atoms with Gasteiger partial charge in [-0.15, -0.1) is 0 Å². The molecule has 1 atom stereocenters. The van der Waals surface area contributed by atoms with Crippen molar-refractivity contribution in [2.24, 2.45) is 0 Å². The maximum absolute atomic E-state index is 11.6. The zero-order chi connectivity index (χ0) is 13.5. The van der Waals surface area contributed by atoms with E-state index in [9.17, 15) is 9.59 Å². The normalized spacial score (nSPS) is 11.7. The molecule has 0 saturated heterocycles. The lowest BCUT2D eigenvalue weighted by Crippen LogP contribution is -2.42. The van der Waals surface area contributed by atoms with Crippen LogP contribution < -0.4 is 5.32 Å². The van der Waals surface area contributed by atoms with Crippen molar-refractivity contribution < 1.29 is 14.3 Å². The molecule has 0 saturated carbocycles. The summed E-state index contributed by atoms with van der Waals surface area (Å²) in [5, 5.41) is 3.09. The lowest BCUT2D eigenvalue weighted by Gasteiger charge is -2.14. The van der Waals surface area contributed by atoms with E-state index in [0.717, 1.165) is 5.56 Å². The number of thiol groups is 1. The van der Waals surface area contributed by atoms with Crippen molar-refractivity contribution >= 4 is 36.1 Å². The van der Waals surface area contributed by atoms with Crippen LogP contribution in [0.25, 0.3) is 0 Å². The van der Waals surface area contributed by atoms with Crippen molar-refractivity contribution in [3.63, 3.8) is 0 Å². The SMILES string of the molecule is CC(=O)N[C@@H](CS)C(=O)OCc1ccc(Cl)cc1. The average molecular weight is 288 g/mol. The molecule has 0 aliphatic heterocycles. The van der Waals surface area contributed by atoms with E-state index < -0.39 is 12.0 Å². The van der Waals surface area contributed by atoms with Crippen molar-refractivity contribution in [2.45, 2.75) is 19.6 Å². The maximum Gasteiger partial charge on any atom is 0.329 e. The van der Waals surface area contributed by atoms with E-state index in [2.05, 4.69) is 17.9 Å². The molecule has 6 heteroatoms. The molecule has 0 aromatic heterocycles. The van der Waals surface area contributed by atoms with Crippen LogP contribution in [-0.2, 0) is 20.9 Å². The van der Waals surface area contributed by atoms with Crippen LogP contribution in [-0.4, -0.2) is 23.7 Å². The summed E-state index contributed by atoms with van der Waals surface area (Å²) in [4.78, 5) is 22.5. The Hall–Kier alpha value is -1.20. The number of rotatable bonds is 5. The number of nitrogens with one attached hydrogen (secondary N) is 1. The summed E-state index contributed by atoms with van der Waals surface area (Å²) in [6.07, 6.45) is 0. The number of hydrogen-bond donors (Lipinski definition) is 2. The Morgan fingerprint density at radius 1 is 1.39 bits per heavy atom. The molecule has 1 aromatic carbocycles. The minimum absolute atomic E-state index is 0.139. The van der Waals surface area contributed by atoms with Crippen molar-refractivity contribution in [3.8, 4) is 0 Å². The van der Waals surface area contributed by atoms with Crippen molar-refractivity contribution in [1.82, 2.24) is 5.32 Å². The predicted molar refractivity (Wildman–Crippen MR) is 72.7 cm³/mol. The van der Waals surface area contributed by atoms with Crippen LogP contribution in [0.1, 0.15) is 12.5 Å². The molecule has 0 aliphatic rings. The third-order valence-electron chi connectivity index (χ3n) is 2.14. The van der Waals surface area contributed by atoms with Crippen LogP contribution >= 0.6 is 24.2 Å². The summed E-state index contributed by atoms with van der Waals surface area (Å²) in [6.45, 7) is 1.47. The van der Waals surface area contributed by atoms with E-state index in [-0.39, 0.29) is 18.3 Å². The van der Waals surface area contributed by atoms with Gasteiger partial charge >= 0.3 is 5.97 Å². The van der Waals surface area contributed by atoms with Gasteiger partial charge in [-0.3, -0.25) is 4.79 Å². The fraction of sp³-hybridized carbons (Fsp3) is 0.333. The fourth-order valence-corrected chi connectivity index (χ4v) is 1.63. The smallest absolute Gasteiger partial charge is 0.329 e. The first kappa shape index (κ1) is 14.9. The molecule has 1 aromatic rings. The van der Waals surface area contributed by atoms with Gasteiger partial charge in [0.25, 0.3) is 0 Å². The molecule has 0 unspecified atom stereocenters. The highest BCUT2D eigenvalue weighted by molar-refractivity contribution is 7.80. The van der Waals surface area contributed by atoms with Gasteiger partial charge in [-0.2, -0.15) is 12.6 Å². The lowest BCUT2D eigenvalue weighted by atomic mass is 10.2. The summed E-state index contributed by atoms with van der Waals surface area (Å²) < 4.78 is 5.08. The summed E-state index contributed by atoms with van der Waals surface area (Å²) in [5.74, 6) is -0.605. The number of carbonyl (C=O) groups is 2. The second kappa shape index (κ2) is 7.28. The van der Waals surface area contributed by atoms with Crippen molar-refractivity contribution in [1.29, 1.82) is 0 Å². The maximum atomic E-state index is 11.6. The van der Waals surface area contributed by atoms with Crippen LogP contribution in [0.5, 0.6) is 0 Å². The number of halogens is 1. The molecule has 1 N–H and O–H groups in total. The number of esters is 1. The number of ether oxygens (including phenoxy) is 1. The molecule has 0 aliphatic carbocycles. The number of amides is 1. The molecule has 18 heavy (non-hydrogen) atoms. The van der Waals surface area contributed by atoms with E-state index >= 15 is 0 Å². The first-order valence-electron chi connectivity index (χ1n) is 5.32. The van der Waals surface area contributed by atoms with E-state index in [0.29, 0.717) is 5.02 Å². The highest BCUT2D eigenvalue weighted by Crippen LogP contribution is 2.10. The Bertz CT molecular complexity index is 422. The zero-order valence-corrected chi connectivity index (χ0v) is 11.5. The first-order valence-corrected chi connectivity index (χ1v) is 6.33. The van der Waals surface area contributed by atoms with Crippen molar-refractivity contribution in [2.75, 3.05) is 5.75 Å². The molecule has 0 fully saturated rings. The van der Waals surface area contributed by atoms with Gasteiger partial charge in [0.05, 0.1) is 0 Å². The van der Waals surface area contributed by atoms with E-state index in [1.165, 1.54) is 6.92 Å². The van der Waals surface area contributed by atoms with Gasteiger partial charge in [-0.1, -0.05) is 23.7 Å². The molecule has 98 valence electrons. The predicted octanol–water partition coefficient (Wildman–Crippen LogP) is 1.82. The third kappa shape index (κ3) is 4.98. The van der Waals surface area contributed by atoms with Crippen LogP contribution in [0, 0.1) is 0 Å². The summed E-state index contributed by atoms with van der Waals surface area (Å²) >= 11 is 9.73. The third-order valence-corrected chi connectivity index (χ3v) is 2.76. The standard InChI is InChI=1S/C12H14ClNO3S/c1-8(15)14-11(7-18)12(16)17-6-9-2-4-10(13)5-3-9/h2-5,11,18H,6-7H2,1H3,(H,14,15)/t11-/m0/s1. The Morgan fingerprint density at radius 3 is 2.50 bits per heavy atom. The summed E-state index contributed by atoms with van der Waals surface area (Å²) in [7, 11) is 0. The summed E-state index contributed by atoms with van der Waals surface area (Å²) in [6, 6.07) is 6.25. The van der Waals surface area contributed by atoms with Gasteiger partial charge in [0, 0.05) is 17.7 Å². The molecular formula is C12H14ClNO3S. The van der Waals surface area contributed by atoms with Crippen LogP contribution in [0.2, 0.25) is 5.02 Å². The van der Waals surface area contributed by atoms with Crippen LogP contribution in [0.15, 0.2) is 24.3 Å². The Balaban J connectivity index is 2.49. The Kier molecular flexibility index (Phi) is 6.01. The van der Waals surface area contributed by atoms with Gasteiger partial charge in [0.15, 0.2) is 0 Å². The molecule has 0 bridgehead atoms. The highest BCUT2D eigenvalue weighted by Gasteiger charge is 2.19. The largest absolute Gasteiger partial charge is 0.459 e. The van der Waals surface area contributed by atoms with Gasteiger partial charge in [0.2, 0.25) is 5.91 Å². The van der Waals surface area contributed by atoms with Gasteiger partial charge in [-0.25, -0.2) is 4.79 Å². The van der Waals surface area contributed by atoms with Gasteiger partial charge in [-0.05, 0) is 17.7 Å². The van der Waals surface area contributed by atoms with Gasteiger partial charge < -0.3 is 10.1 Å². The summed E-state index contributed by atoms with van der Waals surface area (Å²) in [5.41, 5.74) is 0.827. The molecule has 1 rings (SSSR count). The van der Waals surface area contributed by atoms with Crippen LogP contribution in [0.3, 0.4) is 0 Å². The zero-order valence-electron chi connectivity index (χ0n) is 9.85. The molecule has 0 spiro atoms. The number of benzene rings is 1. The molecular weight excluding hydrogens is 274 g/mol. The monoisotopic (exact) mass is 287 g/mol. The highest BCUT2D eigenvalue weighted by atomic mass is 35.5. The topological polar surface area (TPSA) is 55.4 Å².